The predicted molar refractivity (Wildman–Crippen MR) is 169 cm³/mol. The predicted octanol–water partition coefficient (Wildman–Crippen LogP) is 2.78. The minimum atomic E-state index is -5.74. The maximum absolute atomic E-state index is 13.6. The Kier molecular flexibility index (Phi) is 16.6. The topological polar surface area (TPSA) is 282 Å². The van der Waals surface area contributed by atoms with Crippen molar-refractivity contribution in [2.45, 2.75) is 89.3 Å². The van der Waals surface area contributed by atoms with E-state index in [2.05, 4.69) is 23.7 Å². The molecule has 296 valence electrons. The number of nitrogens with one attached hydrogen (secondary N) is 2. The third-order valence-electron chi connectivity index (χ3n) is 7.24. The number of carbonyl (C=O) groups excluding carboxylic acids is 1. The van der Waals surface area contributed by atoms with Gasteiger partial charge in [-0.25, -0.2) is 23.5 Å². The van der Waals surface area contributed by atoms with Gasteiger partial charge in [0, 0.05) is 31.3 Å². The number of carbonyl (C=O) groups is 1. The second-order valence-electron chi connectivity index (χ2n) is 11.4. The number of hydrogen-bond acceptors (Lipinski definition) is 14. The van der Waals surface area contributed by atoms with Crippen LogP contribution in [0.5, 0.6) is 0 Å². The molecule has 1 aliphatic heterocycles. The molecule has 5 N–H and O–H groups in total. The Morgan fingerprint density at radius 1 is 1.06 bits per heavy atom. The molecule has 0 spiro atoms. The SMILES string of the molecule is Cc1cn([C@H]2C[C@H](OCOCCCCCCCCCCNC(=O)C(F)(F)F)[C@@H](COP(=O)(OP(=O)(O)OP(=O)(O)O)n3cncn3)O2)c(=O)[nH]c1=O. The first-order chi connectivity index (χ1) is 24.3. The van der Waals surface area contributed by atoms with Crippen LogP contribution in [0.1, 0.15) is 69.6 Å². The van der Waals surface area contributed by atoms with E-state index in [0.29, 0.717) is 30.3 Å². The molecule has 2 aromatic rings. The average molecular weight is 815 g/mol. The van der Waals surface area contributed by atoms with Crippen LogP contribution in [0, 0.1) is 6.92 Å². The quantitative estimate of drug-likeness (QED) is 0.0612. The minimum Gasteiger partial charge on any atom is -0.355 e. The zero-order chi connectivity index (χ0) is 38.6. The first kappa shape index (κ1) is 43.8. The number of unbranched alkanes of at least 4 members (excludes halogenated alkanes) is 7. The van der Waals surface area contributed by atoms with Crippen molar-refractivity contribution in [2.75, 3.05) is 26.6 Å². The zero-order valence-electron chi connectivity index (χ0n) is 27.7. The number of alkyl halides is 3. The highest BCUT2D eigenvalue weighted by molar-refractivity contribution is 7.67. The number of aromatic nitrogens is 5. The highest BCUT2D eigenvalue weighted by Crippen LogP contribution is 2.68. The maximum Gasteiger partial charge on any atom is 0.489 e. The van der Waals surface area contributed by atoms with E-state index in [-0.39, 0.29) is 25.3 Å². The van der Waals surface area contributed by atoms with Crippen molar-refractivity contribution in [3.8, 4) is 0 Å². The fourth-order valence-corrected chi connectivity index (χ4v) is 8.59. The molecule has 3 heterocycles. The van der Waals surface area contributed by atoms with Crippen molar-refractivity contribution in [1.29, 1.82) is 0 Å². The molecular weight excluding hydrogens is 774 g/mol. The second-order valence-corrected chi connectivity index (χ2v) is 16.2. The highest BCUT2D eigenvalue weighted by Gasteiger charge is 2.46. The molecule has 1 amide bonds. The van der Waals surface area contributed by atoms with Crippen molar-refractivity contribution < 1.29 is 73.7 Å². The molecule has 1 saturated heterocycles. The van der Waals surface area contributed by atoms with E-state index in [9.17, 15) is 46.1 Å². The summed E-state index contributed by atoms with van der Waals surface area (Å²) in [5.74, 6) is -1.94. The molecule has 0 aromatic carbocycles. The summed E-state index contributed by atoms with van der Waals surface area (Å²) in [4.78, 5) is 68.6. The zero-order valence-corrected chi connectivity index (χ0v) is 30.3. The van der Waals surface area contributed by atoms with Gasteiger partial charge in [0.05, 0.1) is 12.7 Å². The summed E-state index contributed by atoms with van der Waals surface area (Å²) in [7, 11) is -16.4. The lowest BCUT2D eigenvalue weighted by Crippen LogP contribution is -2.37. The van der Waals surface area contributed by atoms with E-state index in [4.69, 9.17) is 28.5 Å². The molecule has 2 unspecified atom stereocenters. The van der Waals surface area contributed by atoms with Crippen molar-refractivity contribution >= 4 is 29.3 Å². The van der Waals surface area contributed by atoms with E-state index in [0.717, 1.165) is 49.3 Å². The first-order valence-electron chi connectivity index (χ1n) is 15.7. The number of halogens is 3. The van der Waals surface area contributed by atoms with Crippen LogP contribution in [-0.2, 0) is 45.8 Å². The summed E-state index contributed by atoms with van der Waals surface area (Å²) < 4.78 is 106. The van der Waals surface area contributed by atoms with E-state index >= 15 is 0 Å². The molecule has 0 bridgehead atoms. The van der Waals surface area contributed by atoms with Gasteiger partial charge >= 0.3 is 41.2 Å². The van der Waals surface area contributed by atoms with Crippen LogP contribution >= 0.6 is 23.4 Å². The normalized spacial score (nSPS) is 20.4. The van der Waals surface area contributed by atoms with Gasteiger partial charge in [-0.2, -0.15) is 26.2 Å². The van der Waals surface area contributed by atoms with Gasteiger partial charge < -0.3 is 34.2 Å². The second kappa shape index (κ2) is 19.7. The Bertz CT molecular complexity index is 1700. The molecule has 0 saturated carbocycles. The summed E-state index contributed by atoms with van der Waals surface area (Å²) >= 11 is 0. The molecule has 2 aromatic heterocycles. The number of nitrogens with zero attached hydrogens (tertiary/aromatic N) is 4. The number of aryl methyl sites for hydroxylation is 1. The van der Waals surface area contributed by atoms with Gasteiger partial charge in [-0.1, -0.05) is 38.5 Å². The molecule has 0 aliphatic carbocycles. The largest absolute Gasteiger partial charge is 0.489 e. The molecule has 5 atom stereocenters. The number of hydrogen-bond donors (Lipinski definition) is 5. The lowest BCUT2D eigenvalue weighted by atomic mass is 10.1. The van der Waals surface area contributed by atoms with Crippen LogP contribution in [0.3, 0.4) is 0 Å². The number of amides is 1. The van der Waals surface area contributed by atoms with Gasteiger partial charge in [-0.3, -0.25) is 23.7 Å². The van der Waals surface area contributed by atoms with Gasteiger partial charge in [0.2, 0.25) is 0 Å². The summed E-state index contributed by atoms with van der Waals surface area (Å²) in [5.41, 5.74) is -1.24. The Hall–Kier alpha value is -2.59. The van der Waals surface area contributed by atoms with Crippen LogP contribution in [0.2, 0.25) is 0 Å². The third kappa shape index (κ3) is 14.7. The van der Waals surface area contributed by atoms with Crippen LogP contribution in [0.15, 0.2) is 28.4 Å². The average Bonchev–Trinajstić information content (AvgIpc) is 3.71. The summed E-state index contributed by atoms with van der Waals surface area (Å²) in [5, 5.41) is 5.38. The van der Waals surface area contributed by atoms with Crippen LogP contribution in [-0.4, -0.2) is 89.6 Å². The molecule has 52 heavy (non-hydrogen) atoms. The lowest BCUT2D eigenvalue weighted by Gasteiger charge is -2.23. The van der Waals surface area contributed by atoms with Gasteiger partial charge in [-0.05, 0) is 19.8 Å². The van der Waals surface area contributed by atoms with E-state index in [1.54, 1.807) is 0 Å². The maximum atomic E-state index is 13.6. The Balaban J connectivity index is 1.51. The van der Waals surface area contributed by atoms with Crippen molar-refractivity contribution in [2.24, 2.45) is 0 Å². The molecule has 27 heteroatoms. The van der Waals surface area contributed by atoms with E-state index < -0.39 is 71.8 Å². The molecule has 1 fully saturated rings. The molecule has 21 nitrogen and oxygen atoms in total. The standard InChI is InChI=1S/C25H40F3N6O15P3/c1-18-13-33(24(37)32-22(18)35)21-12-19(45-17-44-11-9-7-5-3-2-4-6-8-10-30-23(36)25(26,27)28)20(47-21)14-46-50(38,34-16-29-15-31-34)48-52(42,43)49-51(39,40)41/h13,15-16,19-21H,2-12,14,17H2,1H3,(H,30,36)(H,42,43)(H,32,35,37)(H2,39,40,41)/t19-,20+,21+,50?/m0/s1. The number of aromatic amines is 1. The molecular formula is C25H40F3N6O15P3. The van der Waals surface area contributed by atoms with Crippen LogP contribution < -0.4 is 16.6 Å². The minimum absolute atomic E-state index is 0.0221. The Labute approximate surface area is 293 Å². The van der Waals surface area contributed by atoms with Crippen molar-refractivity contribution in [3.63, 3.8) is 0 Å². The monoisotopic (exact) mass is 814 g/mol. The van der Waals surface area contributed by atoms with E-state index in [1.165, 1.54) is 13.1 Å². The highest BCUT2D eigenvalue weighted by atomic mass is 31.3. The fourth-order valence-electron chi connectivity index (χ4n) is 4.78. The fraction of sp³-hybridized carbons (Fsp3) is 0.720. The van der Waals surface area contributed by atoms with Gasteiger partial charge in [0.1, 0.15) is 31.8 Å². The van der Waals surface area contributed by atoms with Crippen molar-refractivity contribution in [1.82, 2.24) is 29.4 Å². The van der Waals surface area contributed by atoms with Gasteiger partial charge in [0.25, 0.3) is 5.56 Å². The summed E-state index contributed by atoms with van der Waals surface area (Å²) in [6.45, 7) is 0.733. The first-order valence-corrected chi connectivity index (χ1v) is 20.2. The number of rotatable bonds is 23. The Morgan fingerprint density at radius 2 is 1.71 bits per heavy atom. The van der Waals surface area contributed by atoms with Gasteiger partial charge in [-0.15, -0.1) is 5.10 Å². The van der Waals surface area contributed by atoms with Crippen molar-refractivity contribution in [3.05, 3.63) is 45.3 Å². The lowest BCUT2D eigenvalue weighted by molar-refractivity contribution is -0.173. The number of phosphoric acid groups is 2. The van der Waals surface area contributed by atoms with Crippen LogP contribution in [0.25, 0.3) is 0 Å². The smallest absolute Gasteiger partial charge is 0.355 e. The number of ether oxygens (including phenoxy) is 3. The molecule has 0 radical (unpaired) electrons. The van der Waals surface area contributed by atoms with Crippen LogP contribution in [0.4, 0.5) is 13.2 Å². The number of H-pyrrole nitrogens is 1. The third-order valence-corrected chi connectivity index (χ3v) is 11.7. The molecule has 1 aliphatic rings. The van der Waals surface area contributed by atoms with Gasteiger partial charge in [0.15, 0.2) is 0 Å². The summed E-state index contributed by atoms with van der Waals surface area (Å²) in [6, 6.07) is 0. The van der Waals surface area contributed by atoms with E-state index in [1.807, 2.05) is 5.32 Å². The molecule has 3 rings (SSSR count). The summed E-state index contributed by atoms with van der Waals surface area (Å²) in [6.07, 6.45) is 0.936. The Morgan fingerprint density at radius 3 is 2.33 bits per heavy atom.